The van der Waals surface area contributed by atoms with Crippen molar-refractivity contribution in [1.29, 1.82) is 0 Å². The molecule has 0 unspecified atom stereocenters. The number of thiophene rings is 1. The first-order chi connectivity index (χ1) is 17.7. The molecule has 1 saturated carbocycles. The minimum atomic E-state index is -4.06. The van der Waals surface area contributed by atoms with Gasteiger partial charge in [-0.15, -0.1) is 11.3 Å². The summed E-state index contributed by atoms with van der Waals surface area (Å²) < 4.78 is 26.9. The second-order valence-corrected chi connectivity index (χ2v) is 12.1. The third kappa shape index (κ3) is 6.07. The van der Waals surface area contributed by atoms with Gasteiger partial charge in [-0.1, -0.05) is 12.1 Å². The topological polar surface area (TPSA) is 136 Å². The molecule has 196 valence electrons. The molecule has 3 atom stereocenters. The number of nitrogens with zero attached hydrogens (tertiary/aromatic N) is 3. The van der Waals surface area contributed by atoms with Crippen LogP contribution in [-0.4, -0.2) is 48.5 Å². The van der Waals surface area contributed by atoms with Crippen LogP contribution < -0.4 is 10.0 Å². The van der Waals surface area contributed by atoms with Gasteiger partial charge < -0.3 is 10.0 Å². The maximum Gasteiger partial charge on any atom is 0.333 e. The van der Waals surface area contributed by atoms with Crippen LogP contribution in [0.15, 0.2) is 42.2 Å². The fourth-order valence-corrected chi connectivity index (χ4v) is 6.60. The minimum Gasteiger partial charge on any atom is -0.393 e. The summed E-state index contributed by atoms with van der Waals surface area (Å²) in [4.78, 5) is 24.9. The third-order valence-electron chi connectivity index (χ3n) is 7.21. The number of carbonyl (C=O) groups excluding carboxylic acids is 1. The normalized spacial score (nSPS) is 21.4. The first kappa shape index (κ1) is 25.9. The van der Waals surface area contributed by atoms with Gasteiger partial charge in [-0.05, 0) is 72.7 Å². The summed E-state index contributed by atoms with van der Waals surface area (Å²) in [5, 5.41) is 17.3. The Hall–Kier alpha value is -2.70. The molecule has 9 nitrogen and oxygen atoms in total. The molecule has 5 rings (SSSR count). The van der Waals surface area contributed by atoms with E-state index in [0.717, 1.165) is 25.1 Å². The van der Waals surface area contributed by atoms with E-state index in [1.807, 2.05) is 11.4 Å². The van der Waals surface area contributed by atoms with Crippen LogP contribution in [0.3, 0.4) is 0 Å². The number of fused-ring (bicyclic) bond motifs is 1. The summed E-state index contributed by atoms with van der Waals surface area (Å²) in [6, 6.07) is 8.52. The Bertz CT molecular complexity index is 1410. The zero-order valence-electron chi connectivity index (χ0n) is 20.5. The van der Waals surface area contributed by atoms with E-state index in [4.69, 9.17) is 5.14 Å². The number of aromatic nitrogens is 2. The van der Waals surface area contributed by atoms with Crippen LogP contribution in [-0.2, 0) is 33.9 Å². The number of benzene rings is 1. The summed E-state index contributed by atoms with van der Waals surface area (Å²) in [6.07, 6.45) is 4.80. The number of rotatable bonds is 9. The van der Waals surface area contributed by atoms with Crippen molar-refractivity contribution in [3.63, 3.8) is 0 Å². The Balaban J connectivity index is 1.26. The molecule has 1 aromatic carbocycles. The lowest BCUT2D eigenvalue weighted by atomic mass is 9.96. The molecule has 37 heavy (non-hydrogen) atoms. The predicted octanol–water partition coefficient (Wildman–Crippen LogP) is 2.79. The zero-order valence-corrected chi connectivity index (χ0v) is 22.2. The molecule has 1 aliphatic heterocycles. The largest absolute Gasteiger partial charge is 0.393 e. The number of ketones is 1. The number of hydrogen-bond acceptors (Lipinski definition) is 9. The lowest BCUT2D eigenvalue weighted by molar-refractivity contribution is 0.100. The van der Waals surface area contributed by atoms with Gasteiger partial charge in [-0.25, -0.2) is 15.1 Å². The van der Waals surface area contributed by atoms with E-state index in [2.05, 4.69) is 44.2 Å². The number of nitrogens with two attached hydrogens (primary N) is 1. The second kappa shape index (κ2) is 10.6. The van der Waals surface area contributed by atoms with Crippen molar-refractivity contribution in [2.24, 2.45) is 17.0 Å². The smallest absolute Gasteiger partial charge is 0.333 e. The van der Waals surface area contributed by atoms with E-state index < -0.39 is 16.4 Å². The SMILES string of the molecule is Cc1ccc2c(c1)N(Cc1csc(C(=O)c3cncnc3C[C@@H]3C[C@H](COS(N)(=O)=O)[C@@H](O)C3)c1)CC2. The molecule has 0 radical (unpaired) electrons. The average molecular weight is 543 g/mol. The van der Waals surface area contributed by atoms with Crippen LogP contribution in [0.1, 0.15) is 50.5 Å². The van der Waals surface area contributed by atoms with Crippen molar-refractivity contribution < 1.29 is 22.5 Å². The molecule has 0 amide bonds. The number of hydrogen-bond donors (Lipinski definition) is 2. The van der Waals surface area contributed by atoms with Gasteiger partial charge in [0.05, 0.1) is 28.8 Å². The van der Waals surface area contributed by atoms with Crippen LogP contribution in [0.25, 0.3) is 0 Å². The fourth-order valence-electron chi connectivity index (χ4n) is 5.37. The van der Waals surface area contributed by atoms with Crippen molar-refractivity contribution in [2.75, 3.05) is 18.1 Å². The highest BCUT2D eigenvalue weighted by molar-refractivity contribution is 7.84. The van der Waals surface area contributed by atoms with E-state index in [0.29, 0.717) is 35.4 Å². The molecule has 3 heterocycles. The minimum absolute atomic E-state index is 0.0307. The Morgan fingerprint density at radius 2 is 2.14 bits per heavy atom. The Labute approximate surface area is 220 Å². The molecule has 0 spiro atoms. The number of carbonyl (C=O) groups is 1. The monoisotopic (exact) mass is 542 g/mol. The van der Waals surface area contributed by atoms with Crippen molar-refractivity contribution in [1.82, 2.24) is 9.97 Å². The fraction of sp³-hybridized carbons (Fsp3) is 0.423. The molecule has 0 saturated heterocycles. The van der Waals surface area contributed by atoms with E-state index >= 15 is 0 Å². The van der Waals surface area contributed by atoms with Crippen LogP contribution in [0.5, 0.6) is 0 Å². The maximum atomic E-state index is 13.4. The van der Waals surface area contributed by atoms with Gasteiger partial charge in [0.1, 0.15) is 6.33 Å². The summed E-state index contributed by atoms with van der Waals surface area (Å²) >= 11 is 1.42. The van der Waals surface area contributed by atoms with Crippen LogP contribution in [0.2, 0.25) is 0 Å². The maximum absolute atomic E-state index is 13.4. The van der Waals surface area contributed by atoms with E-state index in [1.54, 1.807) is 6.20 Å². The predicted molar refractivity (Wildman–Crippen MR) is 141 cm³/mol. The van der Waals surface area contributed by atoms with E-state index in [1.165, 1.54) is 34.5 Å². The summed E-state index contributed by atoms with van der Waals surface area (Å²) in [6.45, 7) is 3.65. The summed E-state index contributed by atoms with van der Waals surface area (Å²) in [7, 11) is -4.06. The third-order valence-corrected chi connectivity index (χ3v) is 8.65. The van der Waals surface area contributed by atoms with E-state index in [-0.39, 0.29) is 24.2 Å². The van der Waals surface area contributed by atoms with Crippen molar-refractivity contribution in [2.45, 2.75) is 45.3 Å². The highest BCUT2D eigenvalue weighted by atomic mass is 32.2. The molecule has 3 N–H and O–H groups in total. The van der Waals surface area contributed by atoms with Gasteiger partial charge in [0, 0.05) is 30.9 Å². The number of aliphatic hydroxyl groups excluding tert-OH is 1. The number of anilines is 1. The molecule has 0 bridgehead atoms. The Morgan fingerprint density at radius 3 is 2.95 bits per heavy atom. The van der Waals surface area contributed by atoms with Crippen molar-refractivity contribution in [3.05, 3.63) is 75.0 Å². The highest BCUT2D eigenvalue weighted by Crippen LogP contribution is 2.35. The summed E-state index contributed by atoms with van der Waals surface area (Å²) in [5.74, 6) is -0.427. The standard InChI is InChI=1S/C26H30N4O5S2/c1-16-2-3-19-4-5-30(23(19)6-16)12-18-10-25(36-14-18)26(32)21-11-28-15-29-22(21)8-17-7-20(24(31)9-17)13-35-37(27,33)34/h2-3,6,10-11,14-15,17,20,24,31H,4-5,7-9,12-13H2,1H3,(H2,27,33,34)/t17-,20+,24-/m0/s1. The van der Waals surface area contributed by atoms with Crippen LogP contribution in [0, 0.1) is 18.8 Å². The van der Waals surface area contributed by atoms with Gasteiger partial charge in [-0.3, -0.25) is 8.98 Å². The van der Waals surface area contributed by atoms with Crippen LogP contribution >= 0.6 is 11.3 Å². The van der Waals surface area contributed by atoms with Crippen molar-refractivity contribution in [3.8, 4) is 0 Å². The van der Waals surface area contributed by atoms with Gasteiger partial charge >= 0.3 is 10.3 Å². The lowest BCUT2D eigenvalue weighted by Gasteiger charge is -2.19. The van der Waals surface area contributed by atoms with E-state index in [9.17, 15) is 18.3 Å². The second-order valence-electron chi connectivity index (χ2n) is 9.98. The highest BCUT2D eigenvalue weighted by Gasteiger charge is 2.35. The first-order valence-electron chi connectivity index (χ1n) is 12.3. The number of aliphatic hydroxyl groups is 1. The molecule has 1 aliphatic carbocycles. The zero-order chi connectivity index (χ0) is 26.2. The van der Waals surface area contributed by atoms with Gasteiger partial charge in [0.2, 0.25) is 5.78 Å². The molecular weight excluding hydrogens is 512 g/mol. The van der Waals surface area contributed by atoms with Crippen molar-refractivity contribution >= 4 is 33.1 Å². The molecule has 2 aromatic heterocycles. The molecular formula is C26H30N4O5S2. The Morgan fingerprint density at radius 1 is 1.30 bits per heavy atom. The first-order valence-corrected chi connectivity index (χ1v) is 14.6. The lowest BCUT2D eigenvalue weighted by Crippen LogP contribution is -2.24. The van der Waals surface area contributed by atoms with Gasteiger partial charge in [0.15, 0.2) is 0 Å². The molecule has 11 heteroatoms. The summed E-state index contributed by atoms with van der Waals surface area (Å²) in [5.41, 5.74) is 6.04. The molecule has 3 aromatic rings. The number of aryl methyl sites for hydroxylation is 1. The molecule has 2 aliphatic rings. The van der Waals surface area contributed by atoms with Gasteiger partial charge in [0.25, 0.3) is 0 Å². The molecule has 1 fully saturated rings. The van der Waals surface area contributed by atoms with Crippen LogP contribution in [0.4, 0.5) is 5.69 Å². The Kier molecular flexibility index (Phi) is 7.42. The average Bonchev–Trinajstić information content (AvgIpc) is 3.57. The van der Waals surface area contributed by atoms with Gasteiger partial charge in [-0.2, -0.15) is 8.42 Å². The quantitative estimate of drug-likeness (QED) is 0.394.